The summed E-state index contributed by atoms with van der Waals surface area (Å²) >= 11 is 1.29. The summed E-state index contributed by atoms with van der Waals surface area (Å²) in [7, 11) is -2.37. The molecular weight excluding hydrogens is 404 g/mol. The van der Waals surface area contributed by atoms with Crippen molar-refractivity contribution in [2.75, 3.05) is 18.5 Å². The molecule has 0 saturated carbocycles. The monoisotopic (exact) mass is 426 g/mol. The Morgan fingerprint density at radius 1 is 1.43 bits per heavy atom. The molecule has 0 spiro atoms. The maximum Gasteiger partial charge on any atom is 0.354 e. The van der Waals surface area contributed by atoms with E-state index in [9.17, 15) is 18.0 Å². The van der Waals surface area contributed by atoms with Crippen LogP contribution in [-0.4, -0.2) is 53.3 Å². The molecule has 1 aliphatic heterocycles. The maximum absolute atomic E-state index is 13.1. The summed E-state index contributed by atoms with van der Waals surface area (Å²) in [6.07, 6.45) is 2.36. The van der Waals surface area contributed by atoms with Gasteiger partial charge in [-0.2, -0.15) is 4.31 Å². The van der Waals surface area contributed by atoms with Crippen molar-refractivity contribution >= 4 is 38.4 Å². The van der Waals surface area contributed by atoms with Crippen LogP contribution in [0.4, 0.5) is 5.13 Å². The van der Waals surface area contributed by atoms with E-state index in [2.05, 4.69) is 10.3 Å². The van der Waals surface area contributed by atoms with E-state index in [1.54, 1.807) is 19.4 Å². The lowest BCUT2D eigenvalue weighted by molar-refractivity contribution is -0.119. The Labute approximate surface area is 167 Å². The van der Waals surface area contributed by atoms with Crippen molar-refractivity contribution in [1.82, 2.24) is 13.9 Å². The molecule has 1 saturated heterocycles. The Morgan fingerprint density at radius 2 is 2.18 bits per heavy atom. The van der Waals surface area contributed by atoms with Crippen molar-refractivity contribution in [3.63, 3.8) is 0 Å². The normalized spacial score (nSPS) is 17.6. The van der Waals surface area contributed by atoms with Gasteiger partial charge in [-0.25, -0.2) is 18.2 Å². The third-order valence-corrected chi connectivity index (χ3v) is 7.18. The summed E-state index contributed by atoms with van der Waals surface area (Å²) in [4.78, 5) is 28.8. The molecule has 0 radical (unpaired) electrons. The largest absolute Gasteiger partial charge is 0.461 e. The van der Waals surface area contributed by atoms with E-state index in [-0.39, 0.29) is 23.7 Å². The zero-order valence-corrected chi connectivity index (χ0v) is 17.5. The first-order valence-corrected chi connectivity index (χ1v) is 11.1. The first kappa shape index (κ1) is 20.5. The summed E-state index contributed by atoms with van der Waals surface area (Å²) in [6.45, 7) is 3.92. The molecule has 1 amide bonds. The second kappa shape index (κ2) is 8.02. The Kier molecular flexibility index (Phi) is 5.87. The van der Waals surface area contributed by atoms with Crippen LogP contribution in [-0.2, 0) is 26.6 Å². The highest BCUT2D eigenvalue weighted by Crippen LogP contribution is 2.28. The Bertz CT molecular complexity index is 995. The fourth-order valence-electron chi connectivity index (χ4n) is 3.11. The topological polar surface area (TPSA) is 111 Å². The minimum Gasteiger partial charge on any atom is -0.461 e. The number of nitrogens with one attached hydrogen (secondary N) is 1. The van der Waals surface area contributed by atoms with E-state index in [0.717, 1.165) is 5.69 Å². The van der Waals surface area contributed by atoms with Gasteiger partial charge in [0.05, 0.1) is 12.3 Å². The quantitative estimate of drug-likeness (QED) is 0.705. The molecule has 2 aromatic heterocycles. The van der Waals surface area contributed by atoms with Crippen molar-refractivity contribution in [1.29, 1.82) is 0 Å². The van der Waals surface area contributed by atoms with Gasteiger partial charge in [0.2, 0.25) is 15.9 Å². The van der Waals surface area contributed by atoms with E-state index >= 15 is 0 Å². The van der Waals surface area contributed by atoms with Crippen LogP contribution in [0.2, 0.25) is 0 Å². The van der Waals surface area contributed by atoms with Crippen LogP contribution in [0.5, 0.6) is 0 Å². The highest BCUT2D eigenvalue weighted by atomic mass is 32.2. The van der Waals surface area contributed by atoms with Crippen molar-refractivity contribution in [3.05, 3.63) is 29.0 Å². The van der Waals surface area contributed by atoms with E-state index in [0.29, 0.717) is 18.0 Å². The number of hydrogen-bond acceptors (Lipinski definition) is 7. The molecule has 2 aromatic rings. The summed E-state index contributed by atoms with van der Waals surface area (Å²) in [5, 5.41) is 4.94. The van der Waals surface area contributed by atoms with Gasteiger partial charge in [-0.3, -0.25) is 4.79 Å². The molecule has 11 heteroatoms. The smallest absolute Gasteiger partial charge is 0.354 e. The molecule has 0 aromatic carbocycles. The summed E-state index contributed by atoms with van der Waals surface area (Å²) < 4.78 is 33.8. The van der Waals surface area contributed by atoms with Crippen molar-refractivity contribution in [2.24, 2.45) is 7.05 Å². The third kappa shape index (κ3) is 3.96. The third-order valence-electron chi connectivity index (χ3n) is 4.43. The predicted molar refractivity (Wildman–Crippen MR) is 104 cm³/mol. The first-order chi connectivity index (χ1) is 13.2. The number of ether oxygens (including phenoxy) is 1. The number of sulfonamides is 1. The van der Waals surface area contributed by atoms with Crippen molar-refractivity contribution in [2.45, 2.75) is 37.6 Å². The fraction of sp³-hybridized carbons (Fsp3) is 0.471. The molecule has 3 rings (SSSR count). The fourth-order valence-corrected chi connectivity index (χ4v) is 5.53. The van der Waals surface area contributed by atoms with Gasteiger partial charge in [0.1, 0.15) is 16.6 Å². The van der Waals surface area contributed by atoms with Crippen LogP contribution in [0.15, 0.2) is 22.5 Å². The van der Waals surface area contributed by atoms with Crippen LogP contribution < -0.4 is 5.32 Å². The molecule has 152 valence electrons. The molecule has 1 aliphatic rings. The molecule has 0 aliphatic carbocycles. The second-order valence-electron chi connectivity index (χ2n) is 6.45. The lowest BCUT2D eigenvalue weighted by Crippen LogP contribution is -2.43. The van der Waals surface area contributed by atoms with E-state index in [4.69, 9.17) is 4.74 Å². The van der Waals surface area contributed by atoms with Crippen LogP contribution in [0.25, 0.3) is 0 Å². The first-order valence-electron chi connectivity index (χ1n) is 8.82. The van der Waals surface area contributed by atoms with E-state index in [1.165, 1.54) is 32.5 Å². The van der Waals surface area contributed by atoms with Crippen LogP contribution >= 0.6 is 11.3 Å². The Morgan fingerprint density at radius 3 is 2.82 bits per heavy atom. The van der Waals surface area contributed by atoms with Gasteiger partial charge in [0.15, 0.2) is 5.13 Å². The molecule has 0 unspecified atom stereocenters. The van der Waals surface area contributed by atoms with Gasteiger partial charge >= 0.3 is 5.97 Å². The summed E-state index contributed by atoms with van der Waals surface area (Å²) in [5.74, 6) is -1.00. The summed E-state index contributed by atoms with van der Waals surface area (Å²) in [5.41, 5.74) is 0.922. The molecule has 1 fully saturated rings. The molecule has 1 atom stereocenters. The van der Waals surface area contributed by atoms with E-state index in [1.807, 2.05) is 6.92 Å². The SMILES string of the molecule is CCOC(=O)c1cc(S(=O)(=O)N2CCC[C@H]2C(=O)Nc2nc(C)cs2)cn1C. The van der Waals surface area contributed by atoms with Gasteiger partial charge in [-0.05, 0) is 32.8 Å². The van der Waals surface area contributed by atoms with Crippen molar-refractivity contribution in [3.8, 4) is 0 Å². The minimum absolute atomic E-state index is 0.0390. The number of nitrogens with zero attached hydrogens (tertiary/aromatic N) is 3. The highest BCUT2D eigenvalue weighted by Gasteiger charge is 2.40. The molecule has 1 N–H and O–H groups in total. The van der Waals surface area contributed by atoms with Gasteiger partial charge in [0.25, 0.3) is 0 Å². The number of anilines is 1. The predicted octanol–water partition coefficient (Wildman–Crippen LogP) is 1.76. The van der Waals surface area contributed by atoms with Crippen LogP contribution in [0.3, 0.4) is 0 Å². The average molecular weight is 427 g/mol. The number of rotatable bonds is 6. The number of carbonyl (C=O) groups is 2. The Balaban J connectivity index is 1.83. The number of carbonyl (C=O) groups excluding carboxylic acids is 2. The van der Waals surface area contributed by atoms with Crippen molar-refractivity contribution < 1.29 is 22.7 Å². The minimum atomic E-state index is -3.94. The summed E-state index contributed by atoms with van der Waals surface area (Å²) in [6, 6.07) is 0.464. The standard InChI is InChI=1S/C17H22N4O5S2/c1-4-26-16(23)14-8-12(9-20(14)3)28(24,25)21-7-5-6-13(21)15(22)19-17-18-11(2)10-27-17/h8-10,13H,4-7H2,1-3H3,(H,18,19,22)/t13-/m0/s1. The number of thiazole rings is 1. The number of amides is 1. The maximum atomic E-state index is 13.1. The van der Waals surface area contributed by atoms with Gasteiger partial charge in [0, 0.05) is 25.2 Å². The number of aromatic nitrogens is 2. The van der Waals surface area contributed by atoms with Gasteiger partial charge < -0.3 is 14.6 Å². The number of aryl methyl sites for hydroxylation is 2. The highest BCUT2D eigenvalue weighted by molar-refractivity contribution is 7.89. The van der Waals surface area contributed by atoms with Crippen LogP contribution in [0, 0.1) is 6.92 Å². The van der Waals surface area contributed by atoms with Gasteiger partial charge in [-0.15, -0.1) is 11.3 Å². The van der Waals surface area contributed by atoms with Gasteiger partial charge in [-0.1, -0.05) is 0 Å². The lowest BCUT2D eigenvalue weighted by Gasteiger charge is -2.22. The van der Waals surface area contributed by atoms with E-state index < -0.39 is 27.9 Å². The zero-order chi connectivity index (χ0) is 20.5. The molecule has 3 heterocycles. The average Bonchev–Trinajstić information content (AvgIpc) is 3.35. The van der Waals surface area contributed by atoms with Crippen LogP contribution in [0.1, 0.15) is 35.9 Å². The molecule has 28 heavy (non-hydrogen) atoms. The Hall–Kier alpha value is -2.24. The lowest BCUT2D eigenvalue weighted by atomic mass is 10.2. The second-order valence-corrected chi connectivity index (χ2v) is 9.20. The molecule has 9 nitrogen and oxygen atoms in total. The zero-order valence-electron chi connectivity index (χ0n) is 15.8. The molecular formula is C17H22N4O5S2. The number of esters is 1. The number of hydrogen-bond donors (Lipinski definition) is 1. The molecule has 0 bridgehead atoms.